The molecule has 0 spiro atoms. The van der Waals surface area contributed by atoms with Crippen LogP contribution in [0.4, 0.5) is 0 Å². The van der Waals surface area contributed by atoms with Gasteiger partial charge < -0.3 is 15.2 Å². The lowest BCUT2D eigenvalue weighted by Gasteiger charge is -2.17. The molecule has 0 aliphatic carbocycles. The molecule has 0 amide bonds. The molecule has 3 nitrogen and oxygen atoms in total. The SMILES string of the molecule is C[C@H](NCC(O)COCc1ccccc1)c1ccccc1. The topological polar surface area (TPSA) is 41.5 Å². The molecule has 0 aliphatic heterocycles. The number of aliphatic hydroxyl groups excluding tert-OH is 1. The van der Waals surface area contributed by atoms with Gasteiger partial charge in [-0.2, -0.15) is 0 Å². The van der Waals surface area contributed by atoms with Crippen LogP contribution in [0.5, 0.6) is 0 Å². The van der Waals surface area contributed by atoms with Crippen LogP contribution in [0.25, 0.3) is 0 Å². The van der Waals surface area contributed by atoms with E-state index in [1.165, 1.54) is 5.56 Å². The van der Waals surface area contributed by atoms with Crippen molar-refractivity contribution in [3.8, 4) is 0 Å². The van der Waals surface area contributed by atoms with Gasteiger partial charge in [0, 0.05) is 12.6 Å². The molecule has 112 valence electrons. The van der Waals surface area contributed by atoms with Crippen LogP contribution in [0, 0.1) is 0 Å². The monoisotopic (exact) mass is 285 g/mol. The smallest absolute Gasteiger partial charge is 0.0898 e. The van der Waals surface area contributed by atoms with Gasteiger partial charge in [0.1, 0.15) is 0 Å². The van der Waals surface area contributed by atoms with Gasteiger partial charge in [0.05, 0.1) is 19.3 Å². The van der Waals surface area contributed by atoms with E-state index in [9.17, 15) is 5.11 Å². The predicted molar refractivity (Wildman–Crippen MR) is 85.0 cm³/mol. The van der Waals surface area contributed by atoms with E-state index in [1.54, 1.807) is 0 Å². The van der Waals surface area contributed by atoms with Crippen molar-refractivity contribution in [2.45, 2.75) is 25.7 Å². The van der Waals surface area contributed by atoms with E-state index in [1.807, 2.05) is 48.5 Å². The molecule has 2 aromatic rings. The second kappa shape index (κ2) is 8.57. The van der Waals surface area contributed by atoms with Crippen LogP contribution >= 0.6 is 0 Å². The Kier molecular flexibility index (Phi) is 6.41. The van der Waals surface area contributed by atoms with E-state index in [0.717, 1.165) is 5.56 Å². The van der Waals surface area contributed by atoms with Gasteiger partial charge in [-0.05, 0) is 18.1 Å². The summed E-state index contributed by atoms with van der Waals surface area (Å²) in [5.74, 6) is 0. The molecule has 0 saturated carbocycles. The molecule has 0 heterocycles. The first kappa shape index (κ1) is 15.7. The second-order valence-electron chi connectivity index (χ2n) is 5.20. The summed E-state index contributed by atoms with van der Waals surface area (Å²) in [5, 5.41) is 13.3. The number of aliphatic hydroxyl groups is 1. The Morgan fingerprint density at radius 1 is 1.00 bits per heavy atom. The Morgan fingerprint density at radius 3 is 2.29 bits per heavy atom. The van der Waals surface area contributed by atoms with Gasteiger partial charge in [-0.1, -0.05) is 60.7 Å². The van der Waals surface area contributed by atoms with E-state index in [0.29, 0.717) is 19.8 Å². The Bertz CT molecular complexity index is 501. The molecule has 0 saturated heterocycles. The van der Waals surface area contributed by atoms with Gasteiger partial charge in [0.15, 0.2) is 0 Å². The molecule has 0 aromatic heterocycles. The molecule has 0 aliphatic rings. The zero-order chi connectivity index (χ0) is 14.9. The van der Waals surface area contributed by atoms with Gasteiger partial charge in [-0.15, -0.1) is 0 Å². The van der Waals surface area contributed by atoms with Crippen molar-refractivity contribution in [3.05, 3.63) is 71.8 Å². The van der Waals surface area contributed by atoms with Crippen LogP contribution in [0.2, 0.25) is 0 Å². The third-order valence-corrected chi connectivity index (χ3v) is 3.38. The van der Waals surface area contributed by atoms with Crippen LogP contribution < -0.4 is 5.32 Å². The summed E-state index contributed by atoms with van der Waals surface area (Å²) in [5.41, 5.74) is 2.34. The summed E-state index contributed by atoms with van der Waals surface area (Å²) in [6.45, 7) is 3.48. The number of hydrogen-bond donors (Lipinski definition) is 2. The largest absolute Gasteiger partial charge is 0.389 e. The molecule has 3 heteroatoms. The molecule has 2 atom stereocenters. The predicted octanol–water partition coefficient (Wildman–Crippen LogP) is 2.91. The van der Waals surface area contributed by atoms with E-state index in [4.69, 9.17) is 4.74 Å². The summed E-state index contributed by atoms with van der Waals surface area (Å²) >= 11 is 0. The number of nitrogens with one attached hydrogen (secondary N) is 1. The Balaban J connectivity index is 1.64. The maximum absolute atomic E-state index is 9.94. The maximum atomic E-state index is 9.94. The zero-order valence-electron chi connectivity index (χ0n) is 12.4. The third-order valence-electron chi connectivity index (χ3n) is 3.38. The standard InChI is InChI=1S/C18H23NO2/c1-15(17-10-6-3-7-11-17)19-12-18(20)14-21-13-16-8-4-2-5-9-16/h2-11,15,18-20H,12-14H2,1H3/t15-,18?/m0/s1. The summed E-state index contributed by atoms with van der Waals surface area (Å²) in [4.78, 5) is 0. The van der Waals surface area contributed by atoms with E-state index in [2.05, 4.69) is 24.4 Å². The minimum absolute atomic E-state index is 0.218. The van der Waals surface area contributed by atoms with Crippen molar-refractivity contribution in [1.29, 1.82) is 0 Å². The molecule has 1 unspecified atom stereocenters. The fraction of sp³-hybridized carbons (Fsp3) is 0.333. The highest BCUT2D eigenvalue weighted by Crippen LogP contribution is 2.10. The van der Waals surface area contributed by atoms with Crippen molar-refractivity contribution in [3.63, 3.8) is 0 Å². The lowest BCUT2D eigenvalue weighted by Crippen LogP contribution is -2.32. The molecule has 2 rings (SSSR count). The highest BCUT2D eigenvalue weighted by Gasteiger charge is 2.08. The lowest BCUT2D eigenvalue weighted by molar-refractivity contribution is 0.0278. The number of benzene rings is 2. The van der Waals surface area contributed by atoms with Gasteiger partial charge in [0.25, 0.3) is 0 Å². The van der Waals surface area contributed by atoms with Crippen LogP contribution in [-0.4, -0.2) is 24.4 Å². The van der Waals surface area contributed by atoms with Crippen molar-refractivity contribution in [1.82, 2.24) is 5.32 Å². The Labute approximate surface area is 126 Å². The van der Waals surface area contributed by atoms with Crippen LogP contribution in [0.1, 0.15) is 24.1 Å². The summed E-state index contributed by atoms with van der Waals surface area (Å²) in [6.07, 6.45) is -0.500. The van der Waals surface area contributed by atoms with Gasteiger partial charge in [0.2, 0.25) is 0 Å². The molecular weight excluding hydrogens is 262 g/mol. The summed E-state index contributed by atoms with van der Waals surface area (Å²) in [7, 11) is 0. The van der Waals surface area contributed by atoms with Crippen molar-refractivity contribution >= 4 is 0 Å². The van der Waals surface area contributed by atoms with Crippen molar-refractivity contribution in [2.75, 3.05) is 13.2 Å². The fourth-order valence-electron chi connectivity index (χ4n) is 2.12. The van der Waals surface area contributed by atoms with E-state index < -0.39 is 6.10 Å². The summed E-state index contributed by atoms with van der Waals surface area (Å²) < 4.78 is 5.53. The number of ether oxygens (including phenoxy) is 1. The molecule has 0 bridgehead atoms. The fourth-order valence-corrected chi connectivity index (χ4v) is 2.12. The van der Waals surface area contributed by atoms with Gasteiger partial charge in [-0.25, -0.2) is 0 Å². The minimum Gasteiger partial charge on any atom is -0.389 e. The Morgan fingerprint density at radius 2 is 1.62 bits per heavy atom. The first-order valence-corrected chi connectivity index (χ1v) is 7.34. The highest BCUT2D eigenvalue weighted by atomic mass is 16.5. The molecule has 21 heavy (non-hydrogen) atoms. The molecular formula is C18H23NO2. The van der Waals surface area contributed by atoms with Crippen LogP contribution in [0.3, 0.4) is 0 Å². The normalized spacial score (nSPS) is 13.8. The van der Waals surface area contributed by atoms with Crippen molar-refractivity contribution < 1.29 is 9.84 Å². The quantitative estimate of drug-likeness (QED) is 0.783. The molecule has 2 aromatic carbocycles. The van der Waals surface area contributed by atoms with Gasteiger partial charge in [-0.3, -0.25) is 0 Å². The molecule has 0 radical (unpaired) electrons. The second-order valence-corrected chi connectivity index (χ2v) is 5.20. The summed E-state index contributed by atoms with van der Waals surface area (Å²) in [6, 6.07) is 20.4. The molecule has 0 fully saturated rings. The first-order chi connectivity index (χ1) is 10.3. The van der Waals surface area contributed by atoms with Crippen LogP contribution in [0.15, 0.2) is 60.7 Å². The average molecular weight is 285 g/mol. The number of hydrogen-bond acceptors (Lipinski definition) is 3. The van der Waals surface area contributed by atoms with Crippen LogP contribution in [-0.2, 0) is 11.3 Å². The zero-order valence-corrected chi connectivity index (χ0v) is 12.4. The van der Waals surface area contributed by atoms with Gasteiger partial charge >= 0.3 is 0 Å². The van der Waals surface area contributed by atoms with E-state index >= 15 is 0 Å². The lowest BCUT2D eigenvalue weighted by atomic mass is 10.1. The minimum atomic E-state index is -0.500. The highest BCUT2D eigenvalue weighted by molar-refractivity contribution is 5.18. The third kappa shape index (κ3) is 5.68. The molecule has 2 N–H and O–H groups in total. The van der Waals surface area contributed by atoms with Crippen molar-refractivity contribution in [2.24, 2.45) is 0 Å². The first-order valence-electron chi connectivity index (χ1n) is 7.34. The Hall–Kier alpha value is -1.68. The maximum Gasteiger partial charge on any atom is 0.0898 e. The average Bonchev–Trinajstić information content (AvgIpc) is 2.54. The van der Waals surface area contributed by atoms with E-state index in [-0.39, 0.29) is 6.04 Å². The number of rotatable bonds is 8.